The van der Waals surface area contributed by atoms with Gasteiger partial charge in [-0.25, -0.2) is 0 Å². The molecule has 3 atom stereocenters. The van der Waals surface area contributed by atoms with Crippen molar-refractivity contribution in [1.29, 1.82) is 0 Å². The molecule has 0 heterocycles. The van der Waals surface area contributed by atoms with Crippen LogP contribution >= 0.6 is 0 Å². The minimum atomic E-state index is 0.655. The zero-order valence-electron chi connectivity index (χ0n) is 8.51. The average molecular weight is 164 g/mol. The third-order valence-corrected chi connectivity index (χ3v) is 4.35. The molecule has 0 saturated heterocycles. The molecule has 3 aliphatic rings. The maximum atomic E-state index is 2.46. The van der Waals surface area contributed by atoms with Crippen molar-refractivity contribution in [2.24, 2.45) is 23.2 Å². The highest BCUT2D eigenvalue weighted by Gasteiger charge is 2.53. The monoisotopic (exact) mass is 164 g/mol. The van der Waals surface area contributed by atoms with Crippen LogP contribution in [0.4, 0.5) is 0 Å². The van der Waals surface area contributed by atoms with Gasteiger partial charge in [-0.2, -0.15) is 0 Å². The van der Waals surface area contributed by atoms with Crippen LogP contribution in [0.3, 0.4) is 0 Å². The molecule has 3 unspecified atom stereocenters. The number of hydrogen-bond donors (Lipinski definition) is 0. The molecule has 0 N–H and O–H groups in total. The van der Waals surface area contributed by atoms with Crippen molar-refractivity contribution in [3.8, 4) is 0 Å². The molecule has 0 nitrogen and oxygen atoms in total. The van der Waals surface area contributed by atoms with Crippen LogP contribution < -0.4 is 0 Å². The van der Waals surface area contributed by atoms with Crippen molar-refractivity contribution in [2.45, 2.75) is 40.0 Å². The predicted molar refractivity (Wildman–Crippen MR) is 52.9 cm³/mol. The maximum absolute atomic E-state index is 2.46. The van der Waals surface area contributed by atoms with Crippen molar-refractivity contribution < 1.29 is 0 Å². The van der Waals surface area contributed by atoms with Crippen LogP contribution in [0.15, 0.2) is 12.2 Å². The molecule has 0 radical (unpaired) electrons. The molecule has 3 rings (SSSR count). The third-order valence-electron chi connectivity index (χ3n) is 4.35. The summed E-state index contributed by atoms with van der Waals surface area (Å²) in [7, 11) is 0. The highest BCUT2D eigenvalue weighted by Crippen LogP contribution is 2.61. The molecule has 0 aliphatic heterocycles. The number of rotatable bonds is 1. The summed E-state index contributed by atoms with van der Waals surface area (Å²) in [5.41, 5.74) is 0.655. The second kappa shape index (κ2) is 2.61. The standard InChI is InChI=1S/C12H20/c1-4-5-9-6-7-10-8-11(9)12(10,2)3/h4-5,9-11H,6-8H2,1-3H3/b5-4+. The maximum Gasteiger partial charge on any atom is -0.0200 e. The minimum Gasteiger partial charge on any atom is -0.0914 e. The molecule has 3 aliphatic carbocycles. The van der Waals surface area contributed by atoms with Crippen LogP contribution in [0, 0.1) is 23.2 Å². The molecular weight excluding hydrogens is 144 g/mol. The highest BCUT2D eigenvalue weighted by molar-refractivity contribution is 5.08. The van der Waals surface area contributed by atoms with Crippen LogP contribution in [0.1, 0.15) is 40.0 Å². The first-order valence-electron chi connectivity index (χ1n) is 5.29. The fraction of sp³-hybridized carbons (Fsp3) is 0.833. The lowest BCUT2D eigenvalue weighted by atomic mass is 9.45. The van der Waals surface area contributed by atoms with Gasteiger partial charge in [-0.3, -0.25) is 0 Å². The lowest BCUT2D eigenvalue weighted by Crippen LogP contribution is -2.51. The van der Waals surface area contributed by atoms with E-state index >= 15 is 0 Å². The smallest absolute Gasteiger partial charge is 0.0200 e. The summed E-state index contributed by atoms with van der Waals surface area (Å²) in [6.07, 6.45) is 9.09. The van der Waals surface area contributed by atoms with Gasteiger partial charge < -0.3 is 0 Å². The summed E-state index contributed by atoms with van der Waals surface area (Å²) >= 11 is 0. The van der Waals surface area contributed by atoms with E-state index in [9.17, 15) is 0 Å². The lowest BCUT2D eigenvalue weighted by Gasteiger charge is -2.59. The molecule has 68 valence electrons. The van der Waals surface area contributed by atoms with E-state index in [1.165, 1.54) is 19.3 Å². The molecule has 0 amide bonds. The largest absolute Gasteiger partial charge is 0.0914 e. The Morgan fingerprint density at radius 2 is 2.00 bits per heavy atom. The molecule has 0 aromatic heterocycles. The summed E-state index contributed by atoms with van der Waals surface area (Å²) in [6.45, 7) is 7.07. The van der Waals surface area contributed by atoms with Gasteiger partial charge in [0.2, 0.25) is 0 Å². The Labute approximate surface area is 76.1 Å². The van der Waals surface area contributed by atoms with Crippen LogP contribution in [0.5, 0.6) is 0 Å². The molecule has 0 aromatic rings. The van der Waals surface area contributed by atoms with Crippen LogP contribution in [-0.4, -0.2) is 0 Å². The summed E-state index contributed by atoms with van der Waals surface area (Å²) in [6, 6.07) is 0. The van der Waals surface area contributed by atoms with E-state index in [0.29, 0.717) is 5.41 Å². The topological polar surface area (TPSA) is 0 Å². The summed E-state index contributed by atoms with van der Waals surface area (Å²) < 4.78 is 0. The van der Waals surface area contributed by atoms with E-state index in [-0.39, 0.29) is 0 Å². The van der Waals surface area contributed by atoms with Gasteiger partial charge in [0.05, 0.1) is 0 Å². The number of allylic oxidation sites excluding steroid dienone is 2. The van der Waals surface area contributed by atoms with Crippen molar-refractivity contribution in [1.82, 2.24) is 0 Å². The predicted octanol–water partition coefficient (Wildman–Crippen LogP) is 3.63. The number of fused-ring (bicyclic) bond motifs is 2. The van der Waals surface area contributed by atoms with Gasteiger partial charge in [0.25, 0.3) is 0 Å². The van der Waals surface area contributed by atoms with Crippen molar-refractivity contribution in [2.75, 3.05) is 0 Å². The van der Waals surface area contributed by atoms with Crippen molar-refractivity contribution >= 4 is 0 Å². The van der Waals surface area contributed by atoms with Crippen LogP contribution in [0.2, 0.25) is 0 Å². The molecule has 3 saturated carbocycles. The SMILES string of the molecule is C/C=C/C1CCC2CC1C2(C)C. The minimum absolute atomic E-state index is 0.655. The second-order valence-corrected chi connectivity index (χ2v) is 5.13. The zero-order chi connectivity index (χ0) is 8.77. The van der Waals surface area contributed by atoms with Gasteiger partial charge in [0, 0.05) is 0 Å². The van der Waals surface area contributed by atoms with Gasteiger partial charge in [-0.15, -0.1) is 0 Å². The fourth-order valence-corrected chi connectivity index (χ4v) is 3.35. The third kappa shape index (κ3) is 0.967. The zero-order valence-corrected chi connectivity index (χ0v) is 8.51. The van der Waals surface area contributed by atoms with Gasteiger partial charge in [0.1, 0.15) is 0 Å². The van der Waals surface area contributed by atoms with Gasteiger partial charge in [-0.1, -0.05) is 26.0 Å². The van der Waals surface area contributed by atoms with E-state index in [1.807, 2.05) is 0 Å². The first-order chi connectivity index (χ1) is 5.66. The average Bonchev–Trinajstić information content (AvgIpc) is 2.05. The Morgan fingerprint density at radius 1 is 1.25 bits per heavy atom. The van der Waals surface area contributed by atoms with Crippen molar-refractivity contribution in [3.05, 3.63) is 12.2 Å². The molecular formula is C12H20. The van der Waals surface area contributed by atoms with E-state index in [4.69, 9.17) is 0 Å². The van der Waals surface area contributed by atoms with E-state index in [0.717, 1.165) is 17.8 Å². The number of hydrogen-bond acceptors (Lipinski definition) is 0. The van der Waals surface area contributed by atoms with Crippen LogP contribution in [-0.2, 0) is 0 Å². The Balaban J connectivity index is 2.11. The van der Waals surface area contributed by atoms with E-state index in [1.54, 1.807) is 0 Å². The molecule has 3 fully saturated rings. The normalized spacial score (nSPS) is 44.4. The second-order valence-electron chi connectivity index (χ2n) is 5.13. The fourth-order valence-electron chi connectivity index (χ4n) is 3.35. The first kappa shape index (κ1) is 8.34. The van der Waals surface area contributed by atoms with Gasteiger partial charge >= 0.3 is 0 Å². The molecule has 0 heteroatoms. The summed E-state index contributed by atoms with van der Waals surface area (Å²) in [5, 5.41) is 0. The Bertz CT molecular complexity index is 198. The van der Waals surface area contributed by atoms with E-state index in [2.05, 4.69) is 32.9 Å². The summed E-state index contributed by atoms with van der Waals surface area (Å²) in [4.78, 5) is 0. The Morgan fingerprint density at radius 3 is 2.50 bits per heavy atom. The highest BCUT2D eigenvalue weighted by atomic mass is 14.6. The Kier molecular flexibility index (Phi) is 1.82. The molecule has 12 heavy (non-hydrogen) atoms. The van der Waals surface area contributed by atoms with E-state index < -0.39 is 0 Å². The lowest BCUT2D eigenvalue weighted by molar-refractivity contribution is -0.0904. The van der Waals surface area contributed by atoms with Gasteiger partial charge in [0.15, 0.2) is 0 Å². The van der Waals surface area contributed by atoms with Crippen LogP contribution in [0.25, 0.3) is 0 Å². The quantitative estimate of drug-likeness (QED) is 0.519. The summed E-state index contributed by atoms with van der Waals surface area (Å²) in [5.74, 6) is 2.94. The molecule has 2 bridgehead atoms. The molecule has 0 spiro atoms. The van der Waals surface area contributed by atoms with Crippen molar-refractivity contribution in [3.63, 3.8) is 0 Å². The first-order valence-corrected chi connectivity index (χ1v) is 5.29. The Hall–Kier alpha value is -0.260. The molecule has 0 aromatic carbocycles. The van der Waals surface area contributed by atoms with Gasteiger partial charge in [-0.05, 0) is 49.4 Å².